The molecule has 3 heterocycles. The molecule has 10 aromatic carbocycles. The molecule has 0 saturated carbocycles. The van der Waals surface area contributed by atoms with Crippen LogP contribution in [0.4, 0.5) is 22.7 Å². The second kappa shape index (κ2) is 22.6. The number of anilines is 4. The van der Waals surface area contributed by atoms with E-state index in [1.165, 1.54) is 0 Å². The molecule has 0 radical (unpaired) electrons. The molecule has 7 heteroatoms. The van der Waals surface area contributed by atoms with Crippen LogP contribution in [0.2, 0.25) is 0 Å². The maximum Gasteiger partial charge on any atom is 0.143 e. The molecule has 13 rings (SSSR count). The van der Waals surface area contributed by atoms with Crippen LogP contribution in [0.25, 0.3) is 72.1 Å². The van der Waals surface area contributed by atoms with E-state index in [-0.39, 0.29) is 89.0 Å². The first-order valence-corrected chi connectivity index (χ1v) is 27.8. The fourth-order valence-corrected chi connectivity index (χ4v) is 10.7. The van der Waals surface area contributed by atoms with Crippen molar-refractivity contribution >= 4 is 44.6 Å². The summed E-state index contributed by atoms with van der Waals surface area (Å²) in [6.07, 6.45) is 1.64. The van der Waals surface area contributed by atoms with Crippen molar-refractivity contribution in [2.24, 2.45) is 0 Å². The molecule has 1 aliphatic heterocycles. The molecule has 0 atom stereocenters. The van der Waals surface area contributed by atoms with Crippen molar-refractivity contribution in [1.29, 1.82) is 0 Å². The summed E-state index contributed by atoms with van der Waals surface area (Å²) < 4.78 is 149. The van der Waals surface area contributed by atoms with Crippen molar-refractivity contribution in [3.8, 4) is 73.3 Å². The number of para-hydroxylation sites is 3. The Labute approximate surface area is 536 Å². The topological polar surface area (TPSA) is 42.8 Å². The van der Waals surface area contributed by atoms with Crippen LogP contribution in [0.5, 0.6) is 23.0 Å². The Morgan fingerprint density at radius 2 is 1.01 bits per heavy atom. The first kappa shape index (κ1) is 41.1. The predicted octanol–water partition coefficient (Wildman–Crippen LogP) is 21.3. The Morgan fingerprint density at radius 1 is 0.459 bits per heavy atom. The second-order valence-electron chi connectivity index (χ2n) is 23.9. The number of nitrogens with zero attached hydrogens (tertiary/aromatic N) is 4. The Kier molecular flexibility index (Phi) is 10.9. The van der Waals surface area contributed by atoms with Gasteiger partial charge in [0.05, 0.1) is 20.6 Å². The zero-order chi connectivity index (χ0) is 71.0. The summed E-state index contributed by atoms with van der Waals surface area (Å²) >= 11 is 0. The third-order valence-electron chi connectivity index (χ3n) is 15.1. The van der Waals surface area contributed by atoms with Crippen LogP contribution in [0.3, 0.4) is 0 Å². The molecule has 85 heavy (non-hydrogen) atoms. The number of aromatic nitrogens is 2. The summed E-state index contributed by atoms with van der Waals surface area (Å²) in [6, 6.07) is 42.5. The Bertz CT molecular complexity index is 5170. The van der Waals surface area contributed by atoms with Crippen molar-refractivity contribution in [2.75, 3.05) is 9.80 Å². The van der Waals surface area contributed by atoms with E-state index in [9.17, 15) is 2.74 Å². The van der Waals surface area contributed by atoms with Crippen molar-refractivity contribution in [3.05, 3.63) is 272 Å². The van der Waals surface area contributed by atoms with Gasteiger partial charge in [0, 0.05) is 89.7 Å². The van der Waals surface area contributed by atoms with Gasteiger partial charge in [-0.15, -0.1) is 48.1 Å². The summed E-state index contributed by atoms with van der Waals surface area (Å²) in [5.41, 5.74) is 7.13. The number of ether oxygens (including phenoxy) is 2. The van der Waals surface area contributed by atoms with E-state index in [0.717, 1.165) is 38.5 Å². The maximum absolute atomic E-state index is 9.29. The molecule has 424 valence electrons. The molecule has 6 nitrogen and oxygen atoms in total. The van der Waals surface area contributed by atoms with E-state index in [4.69, 9.17) is 32.3 Å². The van der Waals surface area contributed by atoms with Crippen LogP contribution in [0.1, 0.15) is 99.6 Å². The number of hydrogen-bond donors (Lipinski definition) is 0. The largest absolute Gasteiger partial charge is 0.509 e. The Hall–Kier alpha value is -8.96. The number of rotatable bonds is 11. The molecule has 2 aromatic heterocycles. The van der Waals surface area contributed by atoms with E-state index in [0.29, 0.717) is 51.0 Å². The zero-order valence-electron chi connectivity index (χ0n) is 63.4. The molecule has 0 fully saturated rings. The molecule has 0 bridgehead atoms. The predicted molar refractivity (Wildman–Crippen MR) is 349 cm³/mol. The Morgan fingerprint density at radius 3 is 1.62 bits per heavy atom. The van der Waals surface area contributed by atoms with E-state index in [2.05, 4.69) is 105 Å². The third-order valence-corrected chi connectivity index (χ3v) is 15.1. The summed E-state index contributed by atoms with van der Waals surface area (Å²) in [5.74, 6) is 1.66. The first-order valence-electron chi connectivity index (χ1n) is 35.3. The molecule has 12 aromatic rings. The molecule has 0 N–H and O–H groups in total. The van der Waals surface area contributed by atoms with Crippen molar-refractivity contribution < 1.29 is 51.1 Å². The van der Waals surface area contributed by atoms with Crippen LogP contribution in [-0.4, -0.2) is 9.55 Å². The van der Waals surface area contributed by atoms with Crippen LogP contribution >= 0.6 is 0 Å². The van der Waals surface area contributed by atoms with E-state index < -0.39 is 84.0 Å². The van der Waals surface area contributed by atoms with Gasteiger partial charge in [0.25, 0.3) is 0 Å². The van der Waals surface area contributed by atoms with Gasteiger partial charge >= 0.3 is 0 Å². The molecule has 0 spiro atoms. The SMILES string of the molecule is [2H]c1c([2H])c([2H])c(-c2cc(C(C)(C)C)cc(-c3ccc(C(C)(C)C)cc3)c2Oc2ccnc(-n3c4[c-]c(Oc5[c-]c(N6[CH-]N(c7c(-c8c([2H])c([2H])c([2H])c([2H])c8[2H])cccc7-c7c([2H])c([2H])c([2H])c([2H])c7[2H])c7ccccc76)ccc5)ccc4c4cc(C(C)(C)C)ccc43)c2)c([2H])c1[2H].[Pt]. The molecule has 1 aliphatic rings. The van der Waals surface area contributed by atoms with E-state index in [1.807, 2.05) is 70.1 Å². The molecular weight excluding hydrogens is 1220 g/mol. The monoisotopic (exact) mass is 1300 g/mol. The fourth-order valence-electron chi connectivity index (χ4n) is 10.7. The Balaban J connectivity index is 0.00000948. The normalized spacial score (nSPS) is 15.0. The van der Waals surface area contributed by atoms with Gasteiger partial charge in [0.2, 0.25) is 0 Å². The minimum Gasteiger partial charge on any atom is -0.509 e. The second-order valence-corrected chi connectivity index (χ2v) is 23.9. The van der Waals surface area contributed by atoms with Gasteiger partial charge < -0.3 is 23.8 Å². The van der Waals surface area contributed by atoms with Crippen molar-refractivity contribution in [3.63, 3.8) is 0 Å². The number of fused-ring (bicyclic) bond motifs is 4. The van der Waals surface area contributed by atoms with Gasteiger partial charge in [0.15, 0.2) is 0 Å². The molecule has 0 aliphatic carbocycles. The van der Waals surface area contributed by atoms with Crippen molar-refractivity contribution in [1.82, 2.24) is 9.55 Å². The van der Waals surface area contributed by atoms with E-state index >= 15 is 0 Å². The van der Waals surface area contributed by atoms with Gasteiger partial charge in [-0.2, -0.15) is 12.1 Å². The fraction of sp³-hybridized carbons (Fsp3) is 0.154. The maximum atomic E-state index is 9.29. The minimum atomic E-state index is -0.594. The third kappa shape index (κ3) is 11.1. The molecular formula is C78H67N4O2Pt-3. The quantitative estimate of drug-likeness (QED) is 0.121. The summed E-state index contributed by atoms with van der Waals surface area (Å²) in [7, 11) is 0. The van der Waals surface area contributed by atoms with Crippen LogP contribution in [0.15, 0.2) is 236 Å². The average molecular weight is 1300 g/mol. The molecule has 0 unspecified atom stereocenters. The van der Waals surface area contributed by atoms with Gasteiger partial charge in [-0.05, 0) is 97.0 Å². The average Bonchev–Trinajstić information content (AvgIpc) is 1.46. The minimum absolute atomic E-state index is 0. The summed E-state index contributed by atoms with van der Waals surface area (Å²) in [6.45, 7) is 20.8. The van der Waals surface area contributed by atoms with Crippen molar-refractivity contribution in [2.45, 2.75) is 78.6 Å². The van der Waals surface area contributed by atoms with Crippen LogP contribution in [-0.2, 0) is 37.3 Å². The van der Waals surface area contributed by atoms with E-state index in [1.54, 1.807) is 66.3 Å². The van der Waals surface area contributed by atoms with Gasteiger partial charge in [-0.3, -0.25) is 0 Å². The zero-order valence-corrected chi connectivity index (χ0v) is 50.6. The summed E-state index contributed by atoms with van der Waals surface area (Å²) in [4.78, 5) is 8.52. The van der Waals surface area contributed by atoms with Crippen LogP contribution in [0, 0.1) is 18.8 Å². The smallest absolute Gasteiger partial charge is 0.143 e. The van der Waals surface area contributed by atoms with Gasteiger partial charge in [-0.25, -0.2) is 4.98 Å². The molecule has 0 amide bonds. The number of benzene rings is 10. The van der Waals surface area contributed by atoms with Crippen LogP contribution < -0.4 is 19.3 Å². The number of hydrogen-bond acceptors (Lipinski definition) is 5. The first-order chi connectivity index (χ1) is 46.7. The molecule has 0 saturated heterocycles. The number of pyridine rings is 1. The van der Waals surface area contributed by atoms with Gasteiger partial charge in [0.1, 0.15) is 17.3 Å². The van der Waals surface area contributed by atoms with Gasteiger partial charge in [-0.1, -0.05) is 225 Å². The summed E-state index contributed by atoms with van der Waals surface area (Å²) in [5, 5.41) is 1.76. The standard InChI is InChI=1S/C78H67N4O2.Pt/c1-76(2,3)56-37-35-55(36-38-56)67-47-58(78(7,8)9)46-66(54-27-17-12-18-28-54)75(67)84-62-43-44-79-73(50-62)82-69-42-39-57(77(4,5)6)45-68(69)65-41-40-61(49-72(65)82)83-60-30-21-29-59(48-60)80-51-81(71-34-20-19-33-70(71)80)74-63(52-23-13-10-14-24-52)31-22-32-64(74)53-25-15-11-16-26-53;/h10-47,50-51H,1-9H3;/q-3;/i10D,11D,12D,13D,14D,15D,16D,17D,18D,23D,24D,25D,26D,27D,28D;.